The fourth-order valence-corrected chi connectivity index (χ4v) is 2.29. The molecular formula is C14H26O5. The van der Waals surface area contributed by atoms with E-state index < -0.39 is 0 Å². The molecule has 5 heteroatoms. The summed E-state index contributed by atoms with van der Waals surface area (Å²) in [5, 5.41) is 0. The van der Waals surface area contributed by atoms with Crippen molar-refractivity contribution in [3.05, 3.63) is 0 Å². The predicted octanol–water partition coefficient (Wildman–Crippen LogP) is 1.79. The summed E-state index contributed by atoms with van der Waals surface area (Å²) in [6, 6.07) is 0. The fourth-order valence-electron chi connectivity index (χ4n) is 2.29. The fraction of sp³-hybridized carbons (Fsp3) is 0.929. The Bertz CT molecular complexity index is 236. The SMILES string of the molecule is COCCOCCCOC1CCC(C(=O)OC)CC1. The first kappa shape index (κ1) is 16.4. The summed E-state index contributed by atoms with van der Waals surface area (Å²) in [6.07, 6.45) is 4.85. The lowest BCUT2D eigenvalue weighted by Gasteiger charge is -2.26. The van der Waals surface area contributed by atoms with E-state index in [0.717, 1.165) is 38.7 Å². The van der Waals surface area contributed by atoms with Crippen LogP contribution in [0.15, 0.2) is 0 Å². The molecule has 0 N–H and O–H groups in total. The highest BCUT2D eigenvalue weighted by Crippen LogP contribution is 2.27. The van der Waals surface area contributed by atoms with E-state index in [0.29, 0.717) is 25.9 Å². The third-order valence-corrected chi connectivity index (χ3v) is 3.43. The van der Waals surface area contributed by atoms with E-state index in [9.17, 15) is 4.79 Å². The van der Waals surface area contributed by atoms with E-state index in [2.05, 4.69) is 0 Å². The van der Waals surface area contributed by atoms with Crippen LogP contribution in [-0.2, 0) is 23.7 Å². The van der Waals surface area contributed by atoms with E-state index >= 15 is 0 Å². The second-order valence-electron chi connectivity index (χ2n) is 4.83. The van der Waals surface area contributed by atoms with Gasteiger partial charge in [0.25, 0.3) is 0 Å². The molecule has 5 nitrogen and oxygen atoms in total. The van der Waals surface area contributed by atoms with Crippen LogP contribution in [0.5, 0.6) is 0 Å². The highest BCUT2D eigenvalue weighted by atomic mass is 16.5. The minimum absolute atomic E-state index is 0.0715. The average Bonchev–Trinajstić information content (AvgIpc) is 2.46. The first-order chi connectivity index (χ1) is 9.27. The Balaban J connectivity index is 1.96. The van der Waals surface area contributed by atoms with E-state index in [-0.39, 0.29) is 11.9 Å². The van der Waals surface area contributed by atoms with Crippen LogP contribution in [0.2, 0.25) is 0 Å². The smallest absolute Gasteiger partial charge is 0.308 e. The molecule has 0 aromatic carbocycles. The summed E-state index contributed by atoms with van der Waals surface area (Å²) in [5.74, 6) is -0.00720. The maximum absolute atomic E-state index is 11.4. The van der Waals surface area contributed by atoms with Crippen LogP contribution in [0.25, 0.3) is 0 Å². The molecule has 0 saturated heterocycles. The zero-order chi connectivity index (χ0) is 13.9. The number of esters is 1. The standard InChI is InChI=1S/C14H26O5/c1-16-10-11-18-8-3-9-19-13-6-4-12(5-7-13)14(15)17-2/h12-13H,3-11H2,1-2H3. The molecule has 0 unspecified atom stereocenters. The van der Waals surface area contributed by atoms with E-state index in [1.165, 1.54) is 7.11 Å². The van der Waals surface area contributed by atoms with Crippen LogP contribution < -0.4 is 0 Å². The van der Waals surface area contributed by atoms with Crippen molar-refractivity contribution in [2.24, 2.45) is 5.92 Å². The number of hydrogen-bond acceptors (Lipinski definition) is 5. The van der Waals surface area contributed by atoms with Gasteiger partial charge in [-0.25, -0.2) is 0 Å². The lowest BCUT2D eigenvalue weighted by molar-refractivity contribution is -0.147. The molecule has 1 fully saturated rings. The second-order valence-corrected chi connectivity index (χ2v) is 4.83. The summed E-state index contributed by atoms with van der Waals surface area (Å²) in [7, 11) is 3.12. The van der Waals surface area contributed by atoms with Gasteiger partial charge in [-0.15, -0.1) is 0 Å². The zero-order valence-corrected chi connectivity index (χ0v) is 12.1. The molecule has 19 heavy (non-hydrogen) atoms. The minimum atomic E-state index is -0.0787. The zero-order valence-electron chi connectivity index (χ0n) is 12.1. The van der Waals surface area contributed by atoms with Crippen molar-refractivity contribution in [2.75, 3.05) is 40.6 Å². The number of hydrogen-bond donors (Lipinski definition) is 0. The minimum Gasteiger partial charge on any atom is -0.469 e. The Morgan fingerprint density at radius 2 is 1.74 bits per heavy atom. The Morgan fingerprint density at radius 1 is 1.00 bits per heavy atom. The molecule has 1 saturated carbocycles. The number of carbonyl (C=O) groups excluding carboxylic acids is 1. The molecule has 1 rings (SSSR count). The van der Waals surface area contributed by atoms with Crippen LogP contribution >= 0.6 is 0 Å². The maximum atomic E-state index is 11.4. The molecule has 0 aromatic rings. The molecular weight excluding hydrogens is 248 g/mol. The van der Waals surface area contributed by atoms with Crippen molar-refractivity contribution in [1.82, 2.24) is 0 Å². The lowest BCUT2D eigenvalue weighted by Crippen LogP contribution is -2.27. The van der Waals surface area contributed by atoms with Gasteiger partial charge in [0.15, 0.2) is 0 Å². The summed E-state index contributed by atoms with van der Waals surface area (Å²) in [6.45, 7) is 2.71. The summed E-state index contributed by atoms with van der Waals surface area (Å²) in [5.41, 5.74) is 0. The van der Waals surface area contributed by atoms with Gasteiger partial charge in [0.05, 0.1) is 32.3 Å². The predicted molar refractivity (Wildman–Crippen MR) is 71.0 cm³/mol. The van der Waals surface area contributed by atoms with Crippen LogP contribution in [0, 0.1) is 5.92 Å². The molecule has 1 aliphatic rings. The Kier molecular flexibility index (Phi) is 8.79. The summed E-state index contributed by atoms with van der Waals surface area (Å²) < 4.78 is 20.8. The summed E-state index contributed by atoms with van der Waals surface area (Å²) in [4.78, 5) is 11.4. The van der Waals surface area contributed by atoms with Crippen LogP contribution in [0.1, 0.15) is 32.1 Å². The molecule has 0 bridgehead atoms. The Labute approximate surface area is 115 Å². The van der Waals surface area contributed by atoms with E-state index in [4.69, 9.17) is 18.9 Å². The first-order valence-corrected chi connectivity index (χ1v) is 7.04. The molecule has 1 aliphatic carbocycles. The topological polar surface area (TPSA) is 54.0 Å². The highest BCUT2D eigenvalue weighted by molar-refractivity contribution is 5.72. The van der Waals surface area contributed by atoms with Crippen molar-refractivity contribution in [1.29, 1.82) is 0 Å². The van der Waals surface area contributed by atoms with Crippen LogP contribution in [0.4, 0.5) is 0 Å². The van der Waals surface area contributed by atoms with Gasteiger partial charge in [-0.1, -0.05) is 0 Å². The van der Waals surface area contributed by atoms with Gasteiger partial charge in [-0.2, -0.15) is 0 Å². The van der Waals surface area contributed by atoms with E-state index in [1.807, 2.05) is 0 Å². The van der Waals surface area contributed by atoms with Gasteiger partial charge in [-0.05, 0) is 32.1 Å². The van der Waals surface area contributed by atoms with Crippen molar-refractivity contribution < 1.29 is 23.7 Å². The monoisotopic (exact) mass is 274 g/mol. The van der Waals surface area contributed by atoms with Gasteiger partial charge in [0.1, 0.15) is 0 Å². The molecule has 0 atom stereocenters. The largest absolute Gasteiger partial charge is 0.469 e. The molecule has 0 spiro atoms. The number of methoxy groups -OCH3 is 2. The quantitative estimate of drug-likeness (QED) is 0.474. The van der Waals surface area contributed by atoms with Crippen LogP contribution in [-0.4, -0.2) is 52.7 Å². The van der Waals surface area contributed by atoms with E-state index in [1.54, 1.807) is 7.11 Å². The van der Waals surface area contributed by atoms with Gasteiger partial charge >= 0.3 is 5.97 Å². The van der Waals surface area contributed by atoms with Gasteiger partial charge < -0.3 is 18.9 Å². The number of ether oxygens (including phenoxy) is 4. The molecule has 0 amide bonds. The number of carbonyl (C=O) groups is 1. The third-order valence-electron chi connectivity index (χ3n) is 3.43. The first-order valence-electron chi connectivity index (χ1n) is 7.04. The highest BCUT2D eigenvalue weighted by Gasteiger charge is 2.26. The Morgan fingerprint density at radius 3 is 2.37 bits per heavy atom. The summed E-state index contributed by atoms with van der Waals surface area (Å²) >= 11 is 0. The number of rotatable bonds is 9. The molecule has 0 radical (unpaired) electrons. The molecule has 0 aromatic heterocycles. The average molecular weight is 274 g/mol. The van der Waals surface area contributed by atoms with Crippen molar-refractivity contribution in [3.8, 4) is 0 Å². The normalized spacial score (nSPS) is 23.3. The molecule has 112 valence electrons. The third kappa shape index (κ3) is 6.89. The second kappa shape index (κ2) is 10.2. The Hall–Kier alpha value is -0.650. The molecule has 0 heterocycles. The lowest BCUT2D eigenvalue weighted by atomic mass is 9.87. The molecule has 0 aliphatic heterocycles. The van der Waals surface area contributed by atoms with Crippen molar-refractivity contribution in [3.63, 3.8) is 0 Å². The van der Waals surface area contributed by atoms with Gasteiger partial charge in [0, 0.05) is 20.3 Å². The van der Waals surface area contributed by atoms with Crippen LogP contribution in [0.3, 0.4) is 0 Å². The van der Waals surface area contributed by atoms with Gasteiger partial charge in [-0.3, -0.25) is 4.79 Å². The van der Waals surface area contributed by atoms with Crippen molar-refractivity contribution in [2.45, 2.75) is 38.2 Å². The van der Waals surface area contributed by atoms with Crippen molar-refractivity contribution >= 4 is 5.97 Å². The maximum Gasteiger partial charge on any atom is 0.308 e. The van der Waals surface area contributed by atoms with Gasteiger partial charge in [0.2, 0.25) is 0 Å².